The zero-order valence-electron chi connectivity index (χ0n) is 13.0. The van der Waals surface area contributed by atoms with Gasteiger partial charge < -0.3 is 15.4 Å². The molecule has 21 heavy (non-hydrogen) atoms. The first-order valence-corrected chi connectivity index (χ1v) is 8.60. The average molecular weight is 308 g/mol. The Balaban J connectivity index is 1.93. The number of nitrogens with two attached hydrogens (primary N) is 1. The van der Waals surface area contributed by atoms with E-state index in [1.165, 1.54) is 48.3 Å². The van der Waals surface area contributed by atoms with Crippen LogP contribution in [0.15, 0.2) is 0 Å². The summed E-state index contributed by atoms with van der Waals surface area (Å²) in [4.78, 5) is 14.9. The minimum absolute atomic E-state index is 0.301. The maximum Gasteiger partial charge on any atom is 0.350 e. The Hall–Kier alpha value is -1.23. The molecular formula is C16H24N2O2S. The third kappa shape index (κ3) is 2.63. The van der Waals surface area contributed by atoms with Gasteiger partial charge in [-0.1, -0.05) is 13.8 Å². The van der Waals surface area contributed by atoms with Crippen LogP contribution in [-0.2, 0) is 4.74 Å². The molecule has 4 nitrogen and oxygen atoms in total. The SMILES string of the molecule is COC(=O)c1sc(N2CCC(C(C)C)C2)c(C2CC2)c1N. The summed E-state index contributed by atoms with van der Waals surface area (Å²) in [6.07, 6.45) is 3.61. The minimum atomic E-state index is -0.301. The fourth-order valence-corrected chi connectivity index (χ4v) is 4.47. The van der Waals surface area contributed by atoms with Crippen LogP contribution in [-0.4, -0.2) is 26.2 Å². The van der Waals surface area contributed by atoms with Crippen LogP contribution in [0.3, 0.4) is 0 Å². The van der Waals surface area contributed by atoms with Crippen molar-refractivity contribution in [2.45, 2.75) is 39.0 Å². The van der Waals surface area contributed by atoms with Crippen molar-refractivity contribution in [1.29, 1.82) is 0 Å². The van der Waals surface area contributed by atoms with Gasteiger partial charge in [-0.3, -0.25) is 0 Å². The molecule has 1 saturated heterocycles. The fourth-order valence-electron chi connectivity index (χ4n) is 3.21. The van der Waals surface area contributed by atoms with E-state index >= 15 is 0 Å². The van der Waals surface area contributed by atoms with Gasteiger partial charge in [-0.15, -0.1) is 11.3 Å². The number of thiophene rings is 1. The molecule has 1 aromatic rings. The summed E-state index contributed by atoms with van der Waals surface area (Å²) in [6.45, 7) is 6.73. The number of carbonyl (C=O) groups is 1. The molecule has 3 rings (SSSR count). The summed E-state index contributed by atoms with van der Waals surface area (Å²) >= 11 is 1.52. The molecule has 0 amide bonds. The second kappa shape index (κ2) is 5.52. The molecule has 2 aliphatic rings. The van der Waals surface area contributed by atoms with E-state index in [4.69, 9.17) is 10.5 Å². The van der Waals surface area contributed by atoms with Gasteiger partial charge in [0.05, 0.1) is 17.8 Å². The van der Waals surface area contributed by atoms with Gasteiger partial charge in [-0.2, -0.15) is 0 Å². The molecular weight excluding hydrogens is 284 g/mol. The van der Waals surface area contributed by atoms with Crippen molar-refractivity contribution in [3.63, 3.8) is 0 Å². The van der Waals surface area contributed by atoms with E-state index in [0.717, 1.165) is 19.0 Å². The number of carbonyl (C=O) groups excluding carboxylic acids is 1. The van der Waals surface area contributed by atoms with Crippen molar-refractivity contribution in [2.75, 3.05) is 30.8 Å². The second-order valence-electron chi connectivity index (χ2n) is 6.57. The Labute approximate surface area is 130 Å². The molecule has 0 bridgehead atoms. The van der Waals surface area contributed by atoms with Gasteiger partial charge in [-0.25, -0.2) is 4.79 Å². The van der Waals surface area contributed by atoms with Crippen molar-refractivity contribution >= 4 is 28.0 Å². The summed E-state index contributed by atoms with van der Waals surface area (Å²) in [5, 5.41) is 1.22. The highest BCUT2D eigenvalue weighted by atomic mass is 32.1. The highest BCUT2D eigenvalue weighted by molar-refractivity contribution is 7.18. The van der Waals surface area contributed by atoms with Crippen LogP contribution in [0.4, 0.5) is 10.7 Å². The van der Waals surface area contributed by atoms with Gasteiger partial charge in [0, 0.05) is 18.7 Å². The lowest BCUT2D eigenvalue weighted by Gasteiger charge is -2.20. The number of hydrogen-bond acceptors (Lipinski definition) is 5. The fraction of sp³-hybridized carbons (Fsp3) is 0.688. The highest BCUT2D eigenvalue weighted by Crippen LogP contribution is 2.52. The molecule has 2 N–H and O–H groups in total. The molecule has 1 aromatic heterocycles. The summed E-state index contributed by atoms with van der Waals surface area (Å²) < 4.78 is 4.88. The van der Waals surface area contributed by atoms with E-state index in [9.17, 15) is 4.79 Å². The number of hydrogen-bond donors (Lipinski definition) is 1. The summed E-state index contributed by atoms with van der Waals surface area (Å²) in [5.41, 5.74) is 8.14. The van der Waals surface area contributed by atoms with Crippen LogP contribution in [0, 0.1) is 11.8 Å². The Morgan fingerprint density at radius 1 is 1.38 bits per heavy atom. The first-order valence-electron chi connectivity index (χ1n) is 7.78. The lowest BCUT2D eigenvalue weighted by Crippen LogP contribution is -2.21. The van der Waals surface area contributed by atoms with Gasteiger partial charge in [-0.05, 0) is 37.0 Å². The van der Waals surface area contributed by atoms with Crippen LogP contribution in [0.5, 0.6) is 0 Å². The van der Waals surface area contributed by atoms with Gasteiger partial charge >= 0.3 is 5.97 Å². The van der Waals surface area contributed by atoms with E-state index in [2.05, 4.69) is 18.7 Å². The normalized spacial score (nSPS) is 22.1. The highest BCUT2D eigenvalue weighted by Gasteiger charge is 2.36. The molecule has 0 aromatic carbocycles. The van der Waals surface area contributed by atoms with Gasteiger partial charge in [0.2, 0.25) is 0 Å². The molecule has 116 valence electrons. The third-order valence-electron chi connectivity index (χ3n) is 4.78. The molecule has 1 unspecified atom stereocenters. The molecule has 1 aliphatic heterocycles. The van der Waals surface area contributed by atoms with E-state index in [1.54, 1.807) is 0 Å². The molecule has 5 heteroatoms. The first kappa shape index (κ1) is 14.7. The molecule has 2 fully saturated rings. The molecule has 1 saturated carbocycles. The van der Waals surface area contributed by atoms with E-state index < -0.39 is 0 Å². The zero-order valence-corrected chi connectivity index (χ0v) is 13.8. The summed E-state index contributed by atoms with van der Waals surface area (Å²) in [7, 11) is 1.42. The number of nitrogens with zero attached hydrogens (tertiary/aromatic N) is 1. The monoisotopic (exact) mass is 308 g/mol. The van der Waals surface area contributed by atoms with Crippen LogP contribution in [0.25, 0.3) is 0 Å². The number of rotatable bonds is 4. The number of methoxy groups -OCH3 is 1. The number of nitrogen functional groups attached to an aromatic ring is 1. The maximum absolute atomic E-state index is 11.9. The third-order valence-corrected chi connectivity index (χ3v) is 6.04. The van der Waals surface area contributed by atoms with Crippen molar-refractivity contribution in [1.82, 2.24) is 0 Å². The Morgan fingerprint density at radius 2 is 2.10 bits per heavy atom. The number of ether oxygens (including phenoxy) is 1. The smallest absolute Gasteiger partial charge is 0.350 e. The van der Waals surface area contributed by atoms with Crippen LogP contribution < -0.4 is 10.6 Å². The van der Waals surface area contributed by atoms with Crippen LogP contribution in [0.2, 0.25) is 0 Å². The Bertz CT molecular complexity index is 549. The largest absolute Gasteiger partial charge is 0.465 e. The van der Waals surface area contributed by atoms with E-state index in [0.29, 0.717) is 22.4 Å². The predicted molar refractivity (Wildman–Crippen MR) is 87.2 cm³/mol. The Kier molecular flexibility index (Phi) is 3.86. The van der Waals surface area contributed by atoms with Crippen LogP contribution in [0.1, 0.15) is 54.3 Å². The summed E-state index contributed by atoms with van der Waals surface area (Å²) in [5.74, 6) is 1.69. The number of esters is 1. The minimum Gasteiger partial charge on any atom is -0.465 e. The standard InChI is InChI=1S/C16H24N2O2S/c1-9(2)11-6-7-18(8-11)15-12(10-4-5-10)13(17)14(21-15)16(19)20-3/h9-11H,4-8,17H2,1-3H3. The molecule has 2 heterocycles. The van der Waals surface area contributed by atoms with Crippen LogP contribution >= 0.6 is 11.3 Å². The number of anilines is 2. The van der Waals surface area contributed by atoms with E-state index in [1.807, 2.05) is 0 Å². The molecule has 1 atom stereocenters. The van der Waals surface area contributed by atoms with E-state index in [-0.39, 0.29) is 5.97 Å². The average Bonchev–Trinajstić information content (AvgIpc) is 3.05. The second-order valence-corrected chi connectivity index (χ2v) is 7.57. The van der Waals surface area contributed by atoms with Crippen molar-refractivity contribution < 1.29 is 9.53 Å². The maximum atomic E-state index is 11.9. The van der Waals surface area contributed by atoms with Crippen molar-refractivity contribution in [3.8, 4) is 0 Å². The van der Waals surface area contributed by atoms with Crippen molar-refractivity contribution in [3.05, 3.63) is 10.4 Å². The Morgan fingerprint density at radius 3 is 2.62 bits per heavy atom. The molecule has 0 spiro atoms. The first-order chi connectivity index (χ1) is 10.0. The molecule has 0 radical (unpaired) electrons. The molecule has 1 aliphatic carbocycles. The van der Waals surface area contributed by atoms with Gasteiger partial charge in [0.25, 0.3) is 0 Å². The summed E-state index contributed by atoms with van der Waals surface area (Å²) in [6, 6.07) is 0. The topological polar surface area (TPSA) is 55.6 Å². The van der Waals surface area contributed by atoms with Gasteiger partial charge in [0.1, 0.15) is 4.88 Å². The quantitative estimate of drug-likeness (QED) is 0.865. The van der Waals surface area contributed by atoms with Crippen molar-refractivity contribution in [2.24, 2.45) is 11.8 Å². The lowest BCUT2D eigenvalue weighted by molar-refractivity contribution is 0.0607. The van der Waals surface area contributed by atoms with Gasteiger partial charge in [0.15, 0.2) is 0 Å². The predicted octanol–water partition coefficient (Wildman–Crippen LogP) is 3.48. The lowest BCUT2D eigenvalue weighted by atomic mass is 9.95. The zero-order chi connectivity index (χ0) is 15.1.